The molecule has 3 aromatic rings. The van der Waals surface area contributed by atoms with Gasteiger partial charge in [-0.05, 0) is 0 Å². The van der Waals surface area contributed by atoms with Crippen molar-refractivity contribution in [3.8, 4) is 0 Å². The van der Waals surface area contributed by atoms with Gasteiger partial charge >= 0.3 is 181 Å². The molecule has 3 rings (SSSR count). The van der Waals surface area contributed by atoms with E-state index in [2.05, 4.69) is 134 Å². The summed E-state index contributed by atoms with van der Waals surface area (Å²) in [6.07, 6.45) is 0. The van der Waals surface area contributed by atoms with Crippen molar-refractivity contribution in [2.24, 2.45) is 0 Å². The zero-order valence-electron chi connectivity index (χ0n) is 19.2. The Hall–Kier alpha value is -1.78. The van der Waals surface area contributed by atoms with Gasteiger partial charge in [0.25, 0.3) is 0 Å². The molecule has 0 atom stereocenters. The number of nitrogens with zero attached hydrogens (tertiary/aromatic N) is 3. The first-order valence-electron chi connectivity index (χ1n) is 10.3. The van der Waals surface area contributed by atoms with E-state index in [1.807, 2.05) is 0 Å². The monoisotopic (exact) mass is 525 g/mol. The SMILES string of the molecule is CN(C)c1cc[c]([In-]([CH3])([c]2ccc(N(C)C)cc2)[c]2ccc(N(C)C)cc2)cc1.[Cl-]. The van der Waals surface area contributed by atoms with Gasteiger partial charge in [0, 0.05) is 0 Å². The number of benzene rings is 3. The molecule has 0 N–H and O–H groups in total. The molecule has 3 nitrogen and oxygen atoms in total. The second-order valence-corrected chi connectivity index (χ2v) is 21.9. The summed E-state index contributed by atoms with van der Waals surface area (Å²) < 4.78 is 7.08. The predicted octanol–water partition coefficient (Wildman–Crippen LogP) is -0.0114. The molecule has 0 radical (unpaired) electrons. The summed E-state index contributed by atoms with van der Waals surface area (Å²) in [5.41, 5.74) is 3.74. The van der Waals surface area contributed by atoms with Gasteiger partial charge in [0.1, 0.15) is 0 Å². The van der Waals surface area contributed by atoms with Crippen molar-refractivity contribution < 1.29 is 12.4 Å². The summed E-state index contributed by atoms with van der Waals surface area (Å²) >= 11 is -3.20. The van der Waals surface area contributed by atoms with Gasteiger partial charge in [-0.2, -0.15) is 0 Å². The van der Waals surface area contributed by atoms with Crippen molar-refractivity contribution in [2.75, 3.05) is 57.0 Å². The van der Waals surface area contributed by atoms with E-state index in [-0.39, 0.29) is 12.4 Å². The summed E-state index contributed by atoms with van der Waals surface area (Å²) in [5.74, 6) is 0. The Morgan fingerprint density at radius 1 is 0.433 bits per heavy atom. The number of halogens is 1. The van der Waals surface area contributed by atoms with E-state index in [1.54, 1.807) is 0 Å². The molecule has 0 heterocycles. The van der Waals surface area contributed by atoms with Gasteiger partial charge in [-0.15, -0.1) is 0 Å². The molecular formula is C25H33ClInN3-2. The Morgan fingerprint density at radius 2 is 0.633 bits per heavy atom. The van der Waals surface area contributed by atoms with Crippen molar-refractivity contribution in [1.29, 1.82) is 0 Å². The molecule has 0 amide bonds. The van der Waals surface area contributed by atoms with Crippen molar-refractivity contribution in [3.63, 3.8) is 0 Å². The van der Waals surface area contributed by atoms with Gasteiger partial charge in [-0.25, -0.2) is 0 Å². The van der Waals surface area contributed by atoms with E-state index in [1.165, 1.54) is 27.0 Å². The van der Waals surface area contributed by atoms with Crippen LogP contribution in [0.4, 0.5) is 17.1 Å². The standard InChI is InChI=1S/3C8H10N.CH3.ClH.In/c3*1-9(2)8-6-4-3-5-7-8;;;/h3*4-7H,1-2H3;1H3;1H;/q;;;;;-1/p-1. The number of anilines is 3. The van der Waals surface area contributed by atoms with E-state index >= 15 is 0 Å². The molecule has 5 heteroatoms. The second kappa shape index (κ2) is 10.0. The first-order valence-corrected chi connectivity index (χ1v) is 18.5. The molecule has 0 aliphatic heterocycles. The fourth-order valence-electron chi connectivity index (χ4n) is 4.05. The van der Waals surface area contributed by atoms with Crippen LogP contribution in [0.25, 0.3) is 0 Å². The molecule has 160 valence electrons. The van der Waals surface area contributed by atoms with Crippen LogP contribution < -0.4 is 37.1 Å². The normalized spacial score (nSPS) is 10.9. The number of hydrogen-bond donors (Lipinski definition) is 0. The average Bonchev–Trinajstić information content (AvgIpc) is 2.73. The Kier molecular flexibility index (Phi) is 8.18. The van der Waals surface area contributed by atoms with Crippen LogP contribution in [0.15, 0.2) is 72.8 Å². The number of hydrogen-bond acceptors (Lipinski definition) is 3. The van der Waals surface area contributed by atoms with E-state index in [0.29, 0.717) is 0 Å². The van der Waals surface area contributed by atoms with Gasteiger partial charge in [-0.1, -0.05) is 0 Å². The fourth-order valence-corrected chi connectivity index (χ4v) is 15.6. The van der Waals surface area contributed by atoms with Crippen LogP contribution in [0.3, 0.4) is 0 Å². The molecule has 0 aromatic heterocycles. The molecule has 0 aliphatic carbocycles. The molecule has 0 unspecified atom stereocenters. The molecule has 0 spiro atoms. The summed E-state index contributed by atoms with van der Waals surface area (Å²) in [4.78, 5) is 6.49. The smallest absolute Gasteiger partial charge is 1.00 e. The maximum absolute atomic E-state index is 3.20. The molecule has 0 bridgehead atoms. The summed E-state index contributed by atoms with van der Waals surface area (Å²) in [5, 5.41) is 0. The Labute approximate surface area is 193 Å². The third-order valence-electron chi connectivity index (χ3n) is 6.23. The van der Waals surface area contributed by atoms with E-state index in [9.17, 15) is 0 Å². The van der Waals surface area contributed by atoms with E-state index < -0.39 is 20.0 Å². The Bertz CT molecular complexity index is 808. The minimum absolute atomic E-state index is 0. The van der Waals surface area contributed by atoms with Crippen LogP contribution in [0.1, 0.15) is 0 Å². The van der Waals surface area contributed by atoms with Crippen LogP contribution in [-0.4, -0.2) is 62.3 Å². The van der Waals surface area contributed by atoms with Crippen LogP contribution >= 0.6 is 0 Å². The third kappa shape index (κ3) is 4.92. The van der Waals surface area contributed by atoms with Crippen molar-refractivity contribution in [2.45, 2.75) is 4.68 Å². The average molecular weight is 526 g/mol. The molecule has 0 aliphatic rings. The zero-order valence-corrected chi connectivity index (χ0v) is 23.3. The molecule has 3 aromatic carbocycles. The fraction of sp³-hybridized carbons (Fsp3) is 0.280. The van der Waals surface area contributed by atoms with E-state index in [4.69, 9.17) is 0 Å². The van der Waals surface area contributed by atoms with Crippen LogP contribution in [0.5, 0.6) is 0 Å². The minimum atomic E-state index is -3.20. The Morgan fingerprint density at radius 3 is 0.800 bits per heavy atom. The maximum Gasteiger partial charge on any atom is -1.00 e. The topological polar surface area (TPSA) is 9.72 Å². The quantitative estimate of drug-likeness (QED) is 0.448. The van der Waals surface area contributed by atoms with Crippen molar-refractivity contribution in [1.82, 2.24) is 0 Å². The molecular weight excluding hydrogens is 493 g/mol. The molecule has 0 saturated heterocycles. The zero-order chi connectivity index (χ0) is 21.2. The minimum Gasteiger partial charge on any atom is -1.00 e. The van der Waals surface area contributed by atoms with Crippen molar-refractivity contribution in [3.05, 3.63) is 72.8 Å². The summed E-state index contributed by atoms with van der Waals surface area (Å²) in [6, 6.07) is 27.7. The number of rotatable bonds is 6. The van der Waals surface area contributed by atoms with Crippen LogP contribution in [-0.2, 0) is 0 Å². The predicted molar refractivity (Wildman–Crippen MR) is 133 cm³/mol. The van der Waals surface area contributed by atoms with Gasteiger partial charge in [0.15, 0.2) is 0 Å². The second-order valence-electron chi connectivity index (χ2n) is 8.76. The third-order valence-corrected chi connectivity index (χ3v) is 20.9. The molecule has 30 heavy (non-hydrogen) atoms. The molecule has 0 saturated carbocycles. The Balaban J connectivity index is 0.00000320. The summed E-state index contributed by atoms with van der Waals surface area (Å²) in [7, 11) is 12.6. The van der Waals surface area contributed by atoms with E-state index in [0.717, 1.165) is 0 Å². The van der Waals surface area contributed by atoms with Gasteiger partial charge < -0.3 is 12.4 Å². The van der Waals surface area contributed by atoms with Crippen molar-refractivity contribution >= 4 is 47.0 Å². The molecule has 0 fully saturated rings. The maximum atomic E-state index is 2.55. The van der Waals surface area contributed by atoms with Crippen LogP contribution in [0.2, 0.25) is 4.68 Å². The summed E-state index contributed by atoms with van der Waals surface area (Å²) in [6.45, 7) is 0. The van der Waals surface area contributed by atoms with Gasteiger partial charge in [0.05, 0.1) is 0 Å². The first-order chi connectivity index (χ1) is 13.7. The largest absolute Gasteiger partial charge is 1.00 e. The van der Waals surface area contributed by atoms with Gasteiger partial charge in [0.2, 0.25) is 0 Å². The first kappa shape index (κ1) is 24.5. The van der Waals surface area contributed by atoms with Crippen LogP contribution in [0, 0.1) is 0 Å². The van der Waals surface area contributed by atoms with Gasteiger partial charge in [-0.3, -0.25) is 0 Å².